The lowest BCUT2D eigenvalue weighted by Crippen LogP contribution is -3.00. The maximum Gasteiger partial charge on any atom is 0.169 e. The molecule has 2 heteroatoms. The molecule has 0 spiro atoms. The number of hydrogen-bond donors (Lipinski definition) is 0. The number of halogens is 1. The van der Waals surface area contributed by atoms with E-state index >= 15 is 0 Å². The summed E-state index contributed by atoms with van der Waals surface area (Å²) in [5.41, 5.74) is 1.41. The molecule has 0 aliphatic rings. The molecule has 0 saturated carbocycles. The van der Waals surface area contributed by atoms with Crippen LogP contribution >= 0.6 is 0 Å². The molecule has 0 atom stereocenters. The summed E-state index contributed by atoms with van der Waals surface area (Å²) in [5, 5.41) is 0. The van der Waals surface area contributed by atoms with Gasteiger partial charge in [-0.15, -0.1) is 0 Å². The van der Waals surface area contributed by atoms with Crippen LogP contribution in [-0.4, -0.2) is 0 Å². The van der Waals surface area contributed by atoms with Crippen molar-refractivity contribution in [3.05, 3.63) is 30.1 Å². The van der Waals surface area contributed by atoms with E-state index in [1.54, 1.807) is 0 Å². The minimum atomic E-state index is 0. The van der Waals surface area contributed by atoms with Gasteiger partial charge in [-0.2, -0.15) is 0 Å². The van der Waals surface area contributed by atoms with Crippen LogP contribution in [0.25, 0.3) is 0 Å². The Hall–Kier alpha value is -0.370. The Kier molecular flexibility index (Phi) is 5.12. The van der Waals surface area contributed by atoms with Gasteiger partial charge < -0.3 is 17.0 Å². The van der Waals surface area contributed by atoms with Crippen molar-refractivity contribution in [1.82, 2.24) is 0 Å². The van der Waals surface area contributed by atoms with Crippen molar-refractivity contribution in [3.8, 4) is 0 Å². The van der Waals surface area contributed by atoms with Crippen LogP contribution in [0.1, 0.15) is 19.4 Å². The van der Waals surface area contributed by atoms with E-state index in [4.69, 9.17) is 0 Å². The van der Waals surface area contributed by atoms with Gasteiger partial charge >= 0.3 is 0 Å². The topological polar surface area (TPSA) is 3.88 Å². The van der Waals surface area contributed by atoms with Crippen molar-refractivity contribution in [2.24, 2.45) is 0 Å². The van der Waals surface area contributed by atoms with Gasteiger partial charge in [0, 0.05) is 12.1 Å². The van der Waals surface area contributed by atoms with E-state index in [2.05, 4.69) is 42.9 Å². The minimum Gasteiger partial charge on any atom is -1.00 e. The lowest BCUT2D eigenvalue weighted by Gasteiger charge is -1.93. The molecule has 0 fully saturated rings. The number of hydrogen-bond acceptors (Lipinski definition) is 0. The largest absolute Gasteiger partial charge is 1.00 e. The molecule has 62 valence electrons. The molecule has 0 bridgehead atoms. The molecule has 0 aliphatic heterocycles. The summed E-state index contributed by atoms with van der Waals surface area (Å²) >= 11 is 0. The fourth-order valence-corrected chi connectivity index (χ4v) is 0.935. The predicted octanol–water partition coefficient (Wildman–Crippen LogP) is -1.44. The Bertz CT molecular complexity index is 170. The summed E-state index contributed by atoms with van der Waals surface area (Å²) in [5.74, 6) is 0. The molecule has 0 saturated heterocycles. The standard InChI is InChI=1S/C9H14N.BrH/c1-3-9-5-7-10(4-2)8-6-9;/h5-8H,3-4H2,1-2H3;1H/q+1;/p-1. The summed E-state index contributed by atoms with van der Waals surface area (Å²) < 4.78 is 2.17. The van der Waals surface area contributed by atoms with Crippen LogP contribution in [0.4, 0.5) is 0 Å². The second-order valence-electron chi connectivity index (χ2n) is 2.39. The van der Waals surface area contributed by atoms with Crippen molar-refractivity contribution in [1.29, 1.82) is 0 Å². The Labute approximate surface area is 78.8 Å². The Balaban J connectivity index is 0.000001000. The number of pyridine rings is 1. The van der Waals surface area contributed by atoms with Crippen molar-refractivity contribution in [2.75, 3.05) is 0 Å². The van der Waals surface area contributed by atoms with Crippen LogP contribution in [0.2, 0.25) is 0 Å². The highest BCUT2D eigenvalue weighted by atomic mass is 79.9. The Morgan fingerprint density at radius 2 is 1.73 bits per heavy atom. The van der Waals surface area contributed by atoms with Crippen LogP contribution in [-0.2, 0) is 13.0 Å². The first-order valence-corrected chi connectivity index (χ1v) is 3.84. The molecule has 1 heterocycles. The first-order chi connectivity index (χ1) is 4.86. The van der Waals surface area contributed by atoms with E-state index in [0.717, 1.165) is 13.0 Å². The van der Waals surface area contributed by atoms with Crippen LogP contribution in [0.3, 0.4) is 0 Å². The second kappa shape index (κ2) is 5.30. The molecule has 1 aromatic heterocycles. The van der Waals surface area contributed by atoms with E-state index in [-0.39, 0.29) is 17.0 Å². The summed E-state index contributed by atoms with van der Waals surface area (Å²) in [6.07, 6.45) is 5.38. The summed E-state index contributed by atoms with van der Waals surface area (Å²) in [6, 6.07) is 4.34. The Morgan fingerprint density at radius 1 is 1.18 bits per heavy atom. The van der Waals surface area contributed by atoms with Crippen LogP contribution < -0.4 is 21.5 Å². The van der Waals surface area contributed by atoms with Gasteiger partial charge in [-0.1, -0.05) is 6.92 Å². The zero-order valence-corrected chi connectivity index (χ0v) is 8.63. The van der Waals surface area contributed by atoms with Crippen LogP contribution in [0.15, 0.2) is 24.5 Å². The molecule has 1 nitrogen and oxygen atoms in total. The van der Waals surface area contributed by atoms with Gasteiger partial charge in [-0.25, -0.2) is 4.57 Å². The normalized spacial score (nSPS) is 8.91. The van der Waals surface area contributed by atoms with Crippen LogP contribution in [0, 0.1) is 0 Å². The van der Waals surface area contributed by atoms with E-state index in [1.165, 1.54) is 5.56 Å². The zero-order valence-electron chi connectivity index (χ0n) is 7.05. The van der Waals surface area contributed by atoms with Crippen molar-refractivity contribution < 1.29 is 21.5 Å². The fraction of sp³-hybridized carbons (Fsp3) is 0.444. The fourth-order valence-electron chi connectivity index (χ4n) is 0.935. The van der Waals surface area contributed by atoms with Crippen molar-refractivity contribution >= 4 is 0 Å². The third-order valence-electron chi connectivity index (χ3n) is 1.73. The van der Waals surface area contributed by atoms with Gasteiger partial charge in [0.25, 0.3) is 0 Å². The monoisotopic (exact) mass is 215 g/mol. The summed E-state index contributed by atoms with van der Waals surface area (Å²) in [4.78, 5) is 0. The van der Waals surface area contributed by atoms with Gasteiger partial charge in [-0.3, -0.25) is 0 Å². The smallest absolute Gasteiger partial charge is 0.169 e. The number of aromatic nitrogens is 1. The number of nitrogens with zero attached hydrogens (tertiary/aromatic N) is 1. The van der Waals surface area contributed by atoms with E-state index in [0.29, 0.717) is 0 Å². The molecule has 0 radical (unpaired) electrons. The number of aryl methyl sites for hydroxylation is 2. The number of rotatable bonds is 2. The predicted molar refractivity (Wildman–Crippen MR) is 41.7 cm³/mol. The molecule has 0 amide bonds. The third kappa shape index (κ3) is 3.02. The average Bonchev–Trinajstić information content (AvgIpc) is 2.05. The van der Waals surface area contributed by atoms with Crippen molar-refractivity contribution in [2.45, 2.75) is 26.8 Å². The second-order valence-corrected chi connectivity index (χ2v) is 2.39. The Morgan fingerprint density at radius 3 is 2.09 bits per heavy atom. The van der Waals surface area contributed by atoms with E-state index in [9.17, 15) is 0 Å². The van der Waals surface area contributed by atoms with Gasteiger partial charge in [0.15, 0.2) is 12.4 Å². The van der Waals surface area contributed by atoms with Gasteiger partial charge in [-0.05, 0) is 18.9 Å². The molecule has 0 N–H and O–H groups in total. The average molecular weight is 216 g/mol. The molecule has 0 unspecified atom stereocenters. The quantitative estimate of drug-likeness (QED) is 0.533. The van der Waals surface area contributed by atoms with Gasteiger partial charge in [0.05, 0.1) is 0 Å². The maximum absolute atomic E-state index is 2.17. The molecular weight excluding hydrogens is 202 g/mol. The zero-order chi connectivity index (χ0) is 7.40. The molecule has 1 rings (SSSR count). The highest BCUT2D eigenvalue weighted by Gasteiger charge is 1.93. The van der Waals surface area contributed by atoms with E-state index < -0.39 is 0 Å². The highest BCUT2D eigenvalue weighted by Crippen LogP contribution is 1.94. The van der Waals surface area contributed by atoms with E-state index in [1.807, 2.05) is 0 Å². The first-order valence-electron chi connectivity index (χ1n) is 3.84. The van der Waals surface area contributed by atoms with Gasteiger partial charge in [0.2, 0.25) is 0 Å². The molecular formula is C9H14BrN. The SMILES string of the molecule is CCc1cc[n+](CC)cc1.[Br-]. The van der Waals surface area contributed by atoms with Crippen molar-refractivity contribution in [3.63, 3.8) is 0 Å². The molecule has 11 heavy (non-hydrogen) atoms. The first kappa shape index (κ1) is 10.6. The third-order valence-corrected chi connectivity index (χ3v) is 1.73. The summed E-state index contributed by atoms with van der Waals surface area (Å²) in [7, 11) is 0. The maximum atomic E-state index is 2.17. The summed E-state index contributed by atoms with van der Waals surface area (Å²) in [6.45, 7) is 5.38. The minimum absolute atomic E-state index is 0. The lowest BCUT2D eigenvalue weighted by atomic mass is 10.2. The molecule has 0 aliphatic carbocycles. The lowest BCUT2D eigenvalue weighted by molar-refractivity contribution is -0.693. The molecule has 0 aromatic carbocycles. The van der Waals surface area contributed by atoms with Crippen LogP contribution in [0.5, 0.6) is 0 Å². The molecule has 1 aromatic rings. The van der Waals surface area contributed by atoms with Gasteiger partial charge in [0.1, 0.15) is 6.54 Å². The highest BCUT2D eigenvalue weighted by molar-refractivity contribution is 5.06.